The van der Waals surface area contributed by atoms with Crippen LogP contribution >= 0.6 is 11.3 Å². The molecule has 40 heavy (non-hydrogen) atoms. The molecule has 1 aliphatic rings. The van der Waals surface area contributed by atoms with E-state index >= 15 is 4.39 Å². The van der Waals surface area contributed by atoms with Crippen LogP contribution in [0.5, 0.6) is 0 Å². The summed E-state index contributed by atoms with van der Waals surface area (Å²) in [5.74, 6) is -0.289. The number of aromatic amines is 2. The maximum atomic E-state index is 16.1. The largest absolute Gasteiger partial charge is 0.336 e. The smallest absolute Gasteiger partial charge is 0.227 e. The highest BCUT2D eigenvalue weighted by Gasteiger charge is 2.26. The lowest BCUT2D eigenvalue weighted by Gasteiger charge is -2.24. The zero-order chi connectivity index (χ0) is 27.4. The van der Waals surface area contributed by atoms with E-state index in [-0.39, 0.29) is 34.4 Å². The van der Waals surface area contributed by atoms with Gasteiger partial charge >= 0.3 is 0 Å². The quantitative estimate of drug-likeness (QED) is 0.223. The van der Waals surface area contributed by atoms with Gasteiger partial charge in [-0.3, -0.25) is 29.6 Å². The summed E-state index contributed by atoms with van der Waals surface area (Å²) in [4.78, 5) is 46.6. The molecular weight excluding hydrogens is 531 g/mol. The van der Waals surface area contributed by atoms with Crippen LogP contribution in [0.2, 0.25) is 0 Å². The van der Waals surface area contributed by atoms with Crippen LogP contribution in [-0.2, 0) is 4.79 Å². The normalized spacial score (nSPS) is 13.6. The Bertz CT molecular complexity index is 1950. The Morgan fingerprint density at radius 1 is 1.05 bits per heavy atom. The minimum absolute atomic E-state index is 0.0129. The topological polar surface area (TPSA) is 142 Å². The van der Waals surface area contributed by atoms with Crippen molar-refractivity contribution in [2.75, 3.05) is 5.32 Å². The highest BCUT2D eigenvalue weighted by molar-refractivity contribution is 7.17. The number of thiophene rings is 1. The molecule has 198 valence electrons. The van der Waals surface area contributed by atoms with Gasteiger partial charge in [0.25, 0.3) is 0 Å². The van der Waals surface area contributed by atoms with Crippen LogP contribution in [0.4, 0.5) is 10.1 Å². The lowest BCUT2D eigenvalue weighted by atomic mass is 9.85. The number of fused-ring (bicyclic) bond motifs is 2. The number of carbonyl (C=O) groups excluding carboxylic acids is 2. The van der Waals surface area contributed by atoms with Crippen molar-refractivity contribution in [1.82, 2.24) is 35.1 Å². The number of halogens is 1. The minimum atomic E-state index is -0.589. The number of pyridine rings is 3. The number of ketones is 1. The van der Waals surface area contributed by atoms with Gasteiger partial charge in [-0.2, -0.15) is 5.10 Å². The van der Waals surface area contributed by atoms with Crippen LogP contribution < -0.4 is 5.32 Å². The number of Topliss-reactive ketones (excluding diaryl/α,β-unsaturated/α-hetero) is 1. The second-order valence-electron chi connectivity index (χ2n) is 9.72. The number of nitrogens with zero attached hydrogens (tertiary/aromatic N) is 5. The van der Waals surface area contributed by atoms with E-state index in [2.05, 4.69) is 35.5 Å². The standard InChI is InChI=1S/C28H21FN8O2S/c1-13(38)19-5-6-20(40-19)25-24-17(7-8-31-25)34-27(35-24)26-21-18(36-37-26)12-32-23(22(21)29)15-9-16(11-30-10-15)33-28(39)14-3-2-4-14/h5-12,14H,2-4H2,1H3,(H,33,39)(H,34,35)(H,36,37). The lowest BCUT2D eigenvalue weighted by Crippen LogP contribution is -2.28. The first-order valence-corrected chi connectivity index (χ1v) is 13.5. The van der Waals surface area contributed by atoms with Crippen molar-refractivity contribution in [2.24, 2.45) is 5.92 Å². The van der Waals surface area contributed by atoms with E-state index in [0.29, 0.717) is 44.2 Å². The predicted octanol–water partition coefficient (Wildman–Crippen LogP) is 5.77. The van der Waals surface area contributed by atoms with Gasteiger partial charge in [0.2, 0.25) is 5.91 Å². The van der Waals surface area contributed by atoms with Gasteiger partial charge in [-0.05, 0) is 44.0 Å². The lowest BCUT2D eigenvalue weighted by molar-refractivity contribution is -0.122. The molecule has 3 N–H and O–H groups in total. The van der Waals surface area contributed by atoms with Gasteiger partial charge in [-0.1, -0.05) is 6.42 Å². The third-order valence-corrected chi connectivity index (χ3v) is 8.30. The number of carbonyl (C=O) groups is 2. The summed E-state index contributed by atoms with van der Waals surface area (Å²) < 4.78 is 16.1. The molecule has 1 aliphatic carbocycles. The van der Waals surface area contributed by atoms with Crippen LogP contribution in [0.25, 0.3) is 55.3 Å². The van der Waals surface area contributed by atoms with Crippen molar-refractivity contribution in [2.45, 2.75) is 26.2 Å². The van der Waals surface area contributed by atoms with Crippen LogP contribution in [-0.4, -0.2) is 46.8 Å². The number of nitrogens with one attached hydrogen (secondary N) is 3. The zero-order valence-corrected chi connectivity index (χ0v) is 22.0. The average molecular weight is 553 g/mol. The minimum Gasteiger partial charge on any atom is -0.336 e. The highest BCUT2D eigenvalue weighted by Crippen LogP contribution is 2.36. The number of imidazole rings is 1. The van der Waals surface area contributed by atoms with Gasteiger partial charge in [0, 0.05) is 23.9 Å². The summed E-state index contributed by atoms with van der Waals surface area (Å²) in [6.07, 6.45) is 9.01. The fraction of sp³-hybridized carbons (Fsp3) is 0.179. The molecule has 1 amide bonds. The van der Waals surface area contributed by atoms with Gasteiger partial charge in [-0.15, -0.1) is 11.3 Å². The summed E-state index contributed by atoms with van der Waals surface area (Å²) in [5.41, 5.74) is 3.58. The van der Waals surface area contributed by atoms with E-state index in [1.807, 2.05) is 6.07 Å². The average Bonchev–Trinajstić information content (AvgIpc) is 3.65. The number of hydrogen-bond donors (Lipinski definition) is 3. The van der Waals surface area contributed by atoms with Crippen molar-refractivity contribution in [1.29, 1.82) is 0 Å². The van der Waals surface area contributed by atoms with Crippen molar-refractivity contribution in [3.63, 3.8) is 0 Å². The molecule has 0 aromatic carbocycles. The van der Waals surface area contributed by atoms with Gasteiger partial charge in [0.05, 0.1) is 44.3 Å². The van der Waals surface area contributed by atoms with Gasteiger partial charge in [0.15, 0.2) is 17.4 Å². The van der Waals surface area contributed by atoms with Gasteiger partial charge in [0.1, 0.15) is 22.6 Å². The molecule has 6 aromatic heterocycles. The predicted molar refractivity (Wildman–Crippen MR) is 149 cm³/mol. The summed E-state index contributed by atoms with van der Waals surface area (Å²) >= 11 is 1.34. The molecule has 6 heterocycles. The molecule has 1 saturated carbocycles. The molecule has 7 rings (SSSR count). The number of H-pyrrole nitrogens is 2. The van der Waals surface area contributed by atoms with Crippen LogP contribution in [0.1, 0.15) is 35.9 Å². The third-order valence-electron chi connectivity index (χ3n) is 7.11. The molecule has 0 aliphatic heterocycles. The van der Waals surface area contributed by atoms with Crippen molar-refractivity contribution >= 4 is 50.7 Å². The molecule has 0 saturated heterocycles. The first-order valence-electron chi connectivity index (χ1n) is 12.7. The van der Waals surface area contributed by atoms with E-state index in [0.717, 1.165) is 24.1 Å². The Morgan fingerprint density at radius 2 is 1.93 bits per heavy atom. The molecule has 0 bridgehead atoms. The van der Waals surface area contributed by atoms with Gasteiger partial charge in [-0.25, -0.2) is 9.37 Å². The fourth-order valence-electron chi connectivity index (χ4n) is 4.78. The summed E-state index contributed by atoms with van der Waals surface area (Å²) in [6, 6.07) is 7.05. The number of anilines is 1. The maximum Gasteiger partial charge on any atom is 0.227 e. The van der Waals surface area contributed by atoms with Crippen LogP contribution in [0.3, 0.4) is 0 Å². The molecule has 0 atom stereocenters. The van der Waals surface area contributed by atoms with E-state index < -0.39 is 5.82 Å². The second kappa shape index (κ2) is 9.42. The van der Waals surface area contributed by atoms with E-state index in [9.17, 15) is 9.59 Å². The van der Waals surface area contributed by atoms with Crippen molar-refractivity contribution in [3.8, 4) is 33.3 Å². The first-order chi connectivity index (χ1) is 19.5. The summed E-state index contributed by atoms with van der Waals surface area (Å²) in [7, 11) is 0. The maximum absolute atomic E-state index is 16.1. The highest BCUT2D eigenvalue weighted by atomic mass is 32.1. The van der Waals surface area contributed by atoms with Gasteiger partial charge < -0.3 is 10.3 Å². The fourth-order valence-corrected chi connectivity index (χ4v) is 5.68. The molecular formula is C28H21FN8O2S. The second-order valence-corrected chi connectivity index (χ2v) is 10.8. The molecule has 0 spiro atoms. The summed E-state index contributed by atoms with van der Waals surface area (Å²) in [6.45, 7) is 1.52. The third kappa shape index (κ3) is 4.04. The molecule has 12 heteroatoms. The first kappa shape index (κ1) is 24.2. The molecule has 0 radical (unpaired) electrons. The number of amides is 1. The molecule has 1 fully saturated rings. The Morgan fingerprint density at radius 3 is 2.70 bits per heavy atom. The SMILES string of the molecule is CC(=O)c1ccc(-c2nccc3[nH]c(-c4n[nH]c5cnc(-c6cncc(NC(=O)C7CCC7)c6)c(F)c45)nc23)s1. The van der Waals surface area contributed by atoms with Crippen LogP contribution in [0.15, 0.2) is 49.1 Å². The van der Waals surface area contributed by atoms with Crippen molar-refractivity contribution < 1.29 is 14.0 Å². The molecule has 0 unspecified atom stereocenters. The monoisotopic (exact) mass is 552 g/mol. The molecule has 6 aromatic rings. The summed E-state index contributed by atoms with van der Waals surface area (Å²) in [5, 5.41) is 10.3. The Hall–Kier alpha value is -4.84. The Labute approximate surface area is 230 Å². The van der Waals surface area contributed by atoms with E-state index in [1.165, 1.54) is 36.9 Å². The molecule has 10 nitrogen and oxygen atoms in total. The number of hydrogen-bond acceptors (Lipinski definition) is 8. The van der Waals surface area contributed by atoms with E-state index in [1.54, 1.807) is 24.4 Å². The van der Waals surface area contributed by atoms with Crippen molar-refractivity contribution in [3.05, 3.63) is 59.7 Å². The number of aromatic nitrogens is 7. The van der Waals surface area contributed by atoms with E-state index in [4.69, 9.17) is 4.98 Å². The Kier molecular flexibility index (Phi) is 5.70. The number of rotatable bonds is 6. The zero-order valence-electron chi connectivity index (χ0n) is 21.2. The Balaban J connectivity index is 1.28. The van der Waals surface area contributed by atoms with Crippen LogP contribution in [0, 0.1) is 11.7 Å².